The molecule has 0 aliphatic carbocycles. The molecule has 4 rings (SSSR count). The molecule has 2 aromatic carbocycles. The Kier molecular flexibility index (Phi) is 5.85. The van der Waals surface area contributed by atoms with Crippen LogP contribution in [0.4, 0.5) is 5.69 Å². The maximum absolute atomic E-state index is 5.59. The van der Waals surface area contributed by atoms with Gasteiger partial charge in [0.25, 0.3) is 0 Å². The summed E-state index contributed by atoms with van der Waals surface area (Å²) in [5, 5.41) is 3.64. The molecule has 7 heteroatoms. The number of benzene rings is 2. The maximum atomic E-state index is 5.59. The number of ether oxygens (including phenoxy) is 5. The lowest BCUT2D eigenvalue weighted by Gasteiger charge is -2.34. The predicted molar refractivity (Wildman–Crippen MR) is 111 cm³/mol. The van der Waals surface area contributed by atoms with Gasteiger partial charge in [-0.2, -0.15) is 0 Å². The maximum Gasteiger partial charge on any atom is 0.231 e. The average Bonchev–Trinajstić information content (AvgIpc) is 3.21. The highest BCUT2D eigenvalue weighted by molar-refractivity contribution is 5.56. The van der Waals surface area contributed by atoms with Crippen molar-refractivity contribution in [3.8, 4) is 28.7 Å². The van der Waals surface area contributed by atoms with Gasteiger partial charge in [0.15, 0.2) is 23.0 Å². The highest BCUT2D eigenvalue weighted by Crippen LogP contribution is 2.36. The molecule has 2 aromatic rings. The van der Waals surface area contributed by atoms with Crippen LogP contribution < -0.4 is 29.0 Å². The van der Waals surface area contributed by atoms with Gasteiger partial charge in [0.2, 0.25) is 6.79 Å². The van der Waals surface area contributed by atoms with Gasteiger partial charge in [-0.15, -0.1) is 0 Å². The van der Waals surface area contributed by atoms with Gasteiger partial charge in [0.1, 0.15) is 5.75 Å². The molecule has 1 fully saturated rings. The van der Waals surface area contributed by atoms with E-state index in [1.54, 1.807) is 21.3 Å². The van der Waals surface area contributed by atoms with Crippen LogP contribution in [0.5, 0.6) is 28.7 Å². The van der Waals surface area contributed by atoms with Crippen LogP contribution in [0.3, 0.4) is 0 Å². The van der Waals surface area contributed by atoms with Crippen LogP contribution in [-0.2, 0) is 6.54 Å². The number of hydrogen-bond acceptors (Lipinski definition) is 7. The first-order chi connectivity index (χ1) is 14.2. The third kappa shape index (κ3) is 4.29. The molecule has 0 bridgehead atoms. The number of rotatable bonds is 7. The first kappa shape index (κ1) is 19.5. The van der Waals surface area contributed by atoms with E-state index in [4.69, 9.17) is 23.7 Å². The number of likely N-dealkylation sites (tertiary alicyclic amines) is 1. The third-order valence-corrected chi connectivity index (χ3v) is 5.43. The van der Waals surface area contributed by atoms with Crippen molar-refractivity contribution in [1.29, 1.82) is 0 Å². The number of fused-ring (bicyclic) bond motifs is 1. The van der Waals surface area contributed by atoms with Crippen LogP contribution in [0.2, 0.25) is 0 Å². The number of nitrogens with one attached hydrogen (secondary N) is 1. The second kappa shape index (κ2) is 8.69. The van der Waals surface area contributed by atoms with Gasteiger partial charge >= 0.3 is 0 Å². The molecule has 1 atom stereocenters. The lowest BCUT2D eigenvalue weighted by atomic mass is 10.0. The molecule has 1 saturated heterocycles. The largest absolute Gasteiger partial charge is 0.496 e. The molecule has 2 aliphatic heterocycles. The van der Waals surface area contributed by atoms with E-state index >= 15 is 0 Å². The summed E-state index contributed by atoms with van der Waals surface area (Å²) in [6, 6.07) is 10.3. The van der Waals surface area contributed by atoms with Crippen molar-refractivity contribution in [2.24, 2.45) is 0 Å². The van der Waals surface area contributed by atoms with Gasteiger partial charge in [-0.3, -0.25) is 4.90 Å². The predicted octanol–water partition coefficient (Wildman–Crippen LogP) is 3.52. The molecule has 0 spiro atoms. The zero-order valence-electron chi connectivity index (χ0n) is 17.2. The normalized spacial score (nSPS) is 18.4. The number of anilines is 1. The summed E-state index contributed by atoms with van der Waals surface area (Å²) >= 11 is 0. The van der Waals surface area contributed by atoms with Crippen LogP contribution in [0.15, 0.2) is 30.3 Å². The Morgan fingerprint density at radius 1 is 0.966 bits per heavy atom. The van der Waals surface area contributed by atoms with E-state index in [0.29, 0.717) is 18.6 Å². The first-order valence-electron chi connectivity index (χ1n) is 9.87. The molecule has 1 N–H and O–H groups in total. The van der Waals surface area contributed by atoms with Crippen LogP contribution in [-0.4, -0.2) is 52.2 Å². The van der Waals surface area contributed by atoms with E-state index in [1.807, 2.05) is 30.3 Å². The standard InChI is InChI=1S/C22H28N2O5/c1-25-19-11-21(27-3)20(26-2)9-15(19)12-24-8-4-5-17(13-24)23-16-6-7-18-22(10-16)29-14-28-18/h6-7,9-11,17,23H,4-5,8,12-14H2,1-3H3. The van der Waals surface area contributed by atoms with Crippen LogP contribution >= 0.6 is 0 Å². The molecule has 2 heterocycles. The lowest BCUT2D eigenvalue weighted by Crippen LogP contribution is -2.41. The van der Waals surface area contributed by atoms with Crippen molar-refractivity contribution in [1.82, 2.24) is 4.90 Å². The molecule has 29 heavy (non-hydrogen) atoms. The molecule has 7 nitrogen and oxygen atoms in total. The summed E-state index contributed by atoms with van der Waals surface area (Å²) < 4.78 is 27.3. The Morgan fingerprint density at radius 2 is 1.72 bits per heavy atom. The molecular weight excluding hydrogens is 372 g/mol. The molecule has 156 valence electrons. The minimum Gasteiger partial charge on any atom is -0.496 e. The highest BCUT2D eigenvalue weighted by atomic mass is 16.7. The van der Waals surface area contributed by atoms with Gasteiger partial charge in [-0.1, -0.05) is 0 Å². The summed E-state index contributed by atoms with van der Waals surface area (Å²) in [4.78, 5) is 2.44. The first-order valence-corrected chi connectivity index (χ1v) is 9.87. The smallest absolute Gasteiger partial charge is 0.231 e. The van der Waals surface area contributed by atoms with E-state index in [1.165, 1.54) is 0 Å². The van der Waals surface area contributed by atoms with Crippen molar-refractivity contribution in [2.75, 3.05) is 46.5 Å². The number of nitrogens with zero attached hydrogens (tertiary/aromatic N) is 1. The molecule has 0 saturated carbocycles. The summed E-state index contributed by atoms with van der Waals surface area (Å²) in [5.41, 5.74) is 2.15. The van der Waals surface area contributed by atoms with E-state index in [-0.39, 0.29) is 0 Å². The van der Waals surface area contributed by atoms with Crippen LogP contribution in [0.25, 0.3) is 0 Å². The van der Waals surface area contributed by atoms with Crippen molar-refractivity contribution >= 4 is 5.69 Å². The molecule has 2 aliphatic rings. The second-order valence-electron chi connectivity index (χ2n) is 7.31. The zero-order chi connectivity index (χ0) is 20.2. The zero-order valence-corrected chi connectivity index (χ0v) is 17.2. The van der Waals surface area contributed by atoms with Crippen LogP contribution in [0.1, 0.15) is 18.4 Å². The number of hydrogen-bond donors (Lipinski definition) is 1. The van der Waals surface area contributed by atoms with E-state index < -0.39 is 0 Å². The Morgan fingerprint density at radius 3 is 2.52 bits per heavy atom. The molecule has 0 aromatic heterocycles. The lowest BCUT2D eigenvalue weighted by molar-refractivity contribution is 0.174. The third-order valence-electron chi connectivity index (χ3n) is 5.43. The Balaban J connectivity index is 1.43. The number of piperidine rings is 1. The summed E-state index contributed by atoms with van der Waals surface area (Å²) in [6.07, 6.45) is 2.27. The van der Waals surface area contributed by atoms with Gasteiger partial charge in [0.05, 0.1) is 21.3 Å². The summed E-state index contributed by atoms with van der Waals surface area (Å²) in [7, 11) is 4.97. The monoisotopic (exact) mass is 400 g/mol. The second-order valence-corrected chi connectivity index (χ2v) is 7.31. The molecule has 0 amide bonds. The fraction of sp³-hybridized carbons (Fsp3) is 0.455. The van der Waals surface area contributed by atoms with Gasteiger partial charge in [-0.05, 0) is 37.6 Å². The van der Waals surface area contributed by atoms with E-state index in [0.717, 1.165) is 66.7 Å². The van der Waals surface area contributed by atoms with Gasteiger partial charge in [-0.25, -0.2) is 0 Å². The minimum atomic E-state index is 0.295. The Labute approximate surface area is 171 Å². The van der Waals surface area contributed by atoms with Gasteiger partial charge in [0, 0.05) is 42.5 Å². The Hall–Kier alpha value is -2.80. The molecule has 0 radical (unpaired) electrons. The van der Waals surface area contributed by atoms with Crippen molar-refractivity contribution in [2.45, 2.75) is 25.4 Å². The van der Waals surface area contributed by atoms with Crippen molar-refractivity contribution < 1.29 is 23.7 Å². The van der Waals surface area contributed by atoms with E-state index in [9.17, 15) is 0 Å². The molecule has 1 unspecified atom stereocenters. The van der Waals surface area contributed by atoms with Crippen molar-refractivity contribution in [3.63, 3.8) is 0 Å². The summed E-state index contributed by atoms with van der Waals surface area (Å²) in [5.74, 6) is 3.82. The fourth-order valence-electron chi connectivity index (χ4n) is 4.00. The fourth-order valence-corrected chi connectivity index (χ4v) is 4.00. The van der Waals surface area contributed by atoms with Gasteiger partial charge < -0.3 is 29.0 Å². The number of methoxy groups -OCH3 is 3. The minimum absolute atomic E-state index is 0.295. The summed E-state index contributed by atoms with van der Waals surface area (Å²) in [6.45, 7) is 3.09. The average molecular weight is 400 g/mol. The van der Waals surface area contributed by atoms with Crippen LogP contribution in [0, 0.1) is 0 Å². The van der Waals surface area contributed by atoms with Crippen molar-refractivity contribution in [3.05, 3.63) is 35.9 Å². The SMILES string of the molecule is COc1cc(OC)c(OC)cc1CN1CCCC(Nc2ccc3c(c2)OCO3)C1. The highest BCUT2D eigenvalue weighted by Gasteiger charge is 2.23. The topological polar surface area (TPSA) is 61.4 Å². The molecular formula is C22H28N2O5. The quantitative estimate of drug-likeness (QED) is 0.763. The Bertz CT molecular complexity index is 857. The van der Waals surface area contributed by atoms with E-state index in [2.05, 4.69) is 10.2 Å².